The van der Waals surface area contributed by atoms with Gasteiger partial charge in [-0.25, -0.2) is 5.01 Å². The van der Waals surface area contributed by atoms with Crippen LogP contribution < -0.4 is 0 Å². The molecule has 2 fully saturated rings. The summed E-state index contributed by atoms with van der Waals surface area (Å²) >= 11 is 12.2. The number of carbonyl (C=O) groups is 4. The molecule has 2 aromatic carbocycles. The van der Waals surface area contributed by atoms with Crippen molar-refractivity contribution in [3.05, 3.63) is 81.9 Å². The first-order valence-corrected chi connectivity index (χ1v) is 11.0. The minimum absolute atomic E-state index is 0.0210. The van der Waals surface area contributed by atoms with Gasteiger partial charge in [-0.2, -0.15) is 5.01 Å². The molecule has 3 aliphatic rings. The van der Waals surface area contributed by atoms with Crippen LogP contribution in [-0.4, -0.2) is 40.1 Å². The molecule has 2 bridgehead atoms. The number of ketones is 1. The number of hydrogen-bond donors (Lipinski definition) is 0. The maximum absolute atomic E-state index is 13.5. The molecule has 162 valence electrons. The lowest BCUT2D eigenvalue weighted by Gasteiger charge is -2.31. The van der Waals surface area contributed by atoms with Crippen LogP contribution in [0.4, 0.5) is 0 Å². The third kappa shape index (κ3) is 3.26. The molecule has 32 heavy (non-hydrogen) atoms. The van der Waals surface area contributed by atoms with Crippen molar-refractivity contribution in [1.82, 2.24) is 10.0 Å². The predicted molar refractivity (Wildman–Crippen MR) is 118 cm³/mol. The fourth-order valence-electron chi connectivity index (χ4n) is 5.01. The summed E-state index contributed by atoms with van der Waals surface area (Å²) in [5.41, 5.74) is 0.421. The van der Waals surface area contributed by atoms with Crippen molar-refractivity contribution in [3.8, 4) is 0 Å². The van der Waals surface area contributed by atoms with Gasteiger partial charge in [0.1, 0.15) is 6.54 Å². The van der Waals surface area contributed by atoms with Crippen LogP contribution in [0.3, 0.4) is 0 Å². The Morgan fingerprint density at radius 2 is 1.56 bits per heavy atom. The molecule has 1 aliphatic heterocycles. The van der Waals surface area contributed by atoms with Gasteiger partial charge in [-0.3, -0.25) is 19.2 Å². The summed E-state index contributed by atoms with van der Waals surface area (Å²) in [4.78, 5) is 53.1. The Labute approximate surface area is 194 Å². The lowest BCUT2D eigenvalue weighted by Crippen LogP contribution is -2.52. The van der Waals surface area contributed by atoms with E-state index >= 15 is 0 Å². The van der Waals surface area contributed by atoms with Gasteiger partial charge in [-0.15, -0.1) is 0 Å². The normalized spacial score (nSPS) is 25.4. The topological polar surface area (TPSA) is 74.8 Å². The molecule has 0 unspecified atom stereocenters. The number of rotatable bonds is 5. The molecule has 1 heterocycles. The maximum atomic E-state index is 13.5. The number of allylic oxidation sites excluding steroid dienone is 2. The summed E-state index contributed by atoms with van der Waals surface area (Å²) in [5, 5.41) is 2.22. The summed E-state index contributed by atoms with van der Waals surface area (Å²) in [7, 11) is 0. The molecule has 3 amide bonds. The first-order valence-electron chi connectivity index (χ1n) is 10.3. The van der Waals surface area contributed by atoms with E-state index in [4.69, 9.17) is 23.2 Å². The third-order valence-corrected chi connectivity index (χ3v) is 7.02. The minimum atomic E-state index is -0.710. The highest BCUT2D eigenvalue weighted by Crippen LogP contribution is 2.52. The third-order valence-electron chi connectivity index (χ3n) is 6.47. The fraction of sp³-hybridized carbons (Fsp3) is 0.250. The van der Waals surface area contributed by atoms with Crippen molar-refractivity contribution in [3.63, 3.8) is 0 Å². The second-order valence-corrected chi connectivity index (χ2v) is 9.11. The Balaban J connectivity index is 1.52. The van der Waals surface area contributed by atoms with Crippen molar-refractivity contribution in [2.75, 3.05) is 6.54 Å². The van der Waals surface area contributed by atoms with Crippen LogP contribution in [0, 0.1) is 23.7 Å². The smallest absolute Gasteiger partial charge is 0.274 e. The molecule has 0 spiro atoms. The van der Waals surface area contributed by atoms with Gasteiger partial charge in [0.15, 0.2) is 5.78 Å². The van der Waals surface area contributed by atoms with Crippen LogP contribution in [0.5, 0.6) is 0 Å². The van der Waals surface area contributed by atoms with Gasteiger partial charge in [0.2, 0.25) is 0 Å². The molecule has 1 saturated heterocycles. The van der Waals surface area contributed by atoms with E-state index in [1.54, 1.807) is 30.3 Å². The fourth-order valence-corrected chi connectivity index (χ4v) is 5.50. The standard InChI is InChI=1S/C24H18Cl2N2O4/c25-16-8-9-17(18(26)11-16)22(30)27(12-19(29)13-4-2-1-3-5-13)28-23(31)20-14-6-7-15(10-14)21(20)24(28)32/h1-9,11,14-15,20-21H,10,12H2/t14-,15-,20+,21+/m0/s1. The Kier molecular flexibility index (Phi) is 5.14. The van der Waals surface area contributed by atoms with Crippen LogP contribution in [0.2, 0.25) is 10.0 Å². The van der Waals surface area contributed by atoms with Crippen LogP contribution in [-0.2, 0) is 9.59 Å². The summed E-state index contributed by atoms with van der Waals surface area (Å²) < 4.78 is 0. The molecule has 4 atom stereocenters. The van der Waals surface area contributed by atoms with E-state index in [1.807, 2.05) is 12.2 Å². The zero-order chi connectivity index (χ0) is 22.6. The minimum Gasteiger partial charge on any atom is -0.292 e. The van der Waals surface area contributed by atoms with Gasteiger partial charge in [-0.05, 0) is 36.5 Å². The SMILES string of the molecule is O=C(CN(C(=O)c1ccc(Cl)cc1Cl)N1C(=O)[C@H]2[C@H](C1=O)[C@H]1C=C[C@H]2C1)c1ccccc1. The van der Waals surface area contributed by atoms with Crippen molar-refractivity contribution >= 4 is 46.7 Å². The van der Waals surface area contributed by atoms with E-state index in [9.17, 15) is 19.2 Å². The second kappa shape index (κ2) is 7.87. The highest BCUT2D eigenvalue weighted by Gasteiger charge is 2.61. The molecule has 8 heteroatoms. The van der Waals surface area contributed by atoms with Gasteiger partial charge in [-0.1, -0.05) is 65.7 Å². The zero-order valence-electron chi connectivity index (χ0n) is 16.8. The van der Waals surface area contributed by atoms with Gasteiger partial charge in [0, 0.05) is 10.6 Å². The monoisotopic (exact) mass is 468 g/mol. The van der Waals surface area contributed by atoms with E-state index in [0.717, 1.165) is 16.4 Å². The number of hydrogen-bond acceptors (Lipinski definition) is 4. The number of carbonyl (C=O) groups excluding carboxylic acids is 4. The Morgan fingerprint density at radius 3 is 2.16 bits per heavy atom. The average molecular weight is 469 g/mol. The van der Waals surface area contributed by atoms with E-state index in [2.05, 4.69) is 0 Å². The molecule has 0 radical (unpaired) electrons. The van der Waals surface area contributed by atoms with Gasteiger partial charge in [0.25, 0.3) is 17.7 Å². The number of fused-ring (bicyclic) bond motifs is 5. The lowest BCUT2D eigenvalue weighted by atomic mass is 9.85. The van der Waals surface area contributed by atoms with Crippen molar-refractivity contribution < 1.29 is 19.2 Å². The number of hydrazine groups is 1. The maximum Gasteiger partial charge on any atom is 0.274 e. The first-order chi connectivity index (χ1) is 15.4. The predicted octanol–water partition coefficient (Wildman–Crippen LogP) is 4.04. The summed E-state index contributed by atoms with van der Waals surface area (Å²) in [6, 6.07) is 12.7. The lowest BCUT2D eigenvalue weighted by molar-refractivity contribution is -0.154. The van der Waals surface area contributed by atoms with E-state index in [0.29, 0.717) is 10.6 Å². The number of imide groups is 1. The van der Waals surface area contributed by atoms with E-state index in [1.165, 1.54) is 18.2 Å². The highest BCUT2D eigenvalue weighted by atomic mass is 35.5. The van der Waals surface area contributed by atoms with Crippen LogP contribution >= 0.6 is 23.2 Å². The van der Waals surface area contributed by atoms with E-state index < -0.39 is 41.9 Å². The van der Waals surface area contributed by atoms with Crippen molar-refractivity contribution in [2.45, 2.75) is 6.42 Å². The molecule has 0 N–H and O–H groups in total. The van der Waals surface area contributed by atoms with E-state index in [-0.39, 0.29) is 22.4 Å². The zero-order valence-corrected chi connectivity index (χ0v) is 18.3. The number of Topliss-reactive ketones (excluding diaryl/α,β-unsaturated/α-hetero) is 1. The van der Waals surface area contributed by atoms with Gasteiger partial charge in [0.05, 0.1) is 22.4 Å². The number of nitrogens with zero attached hydrogens (tertiary/aromatic N) is 2. The quantitative estimate of drug-likeness (QED) is 0.377. The molecule has 2 aromatic rings. The highest BCUT2D eigenvalue weighted by molar-refractivity contribution is 6.36. The molecule has 5 rings (SSSR count). The Hall–Kier alpha value is -2.96. The average Bonchev–Trinajstić information content (AvgIpc) is 3.46. The van der Waals surface area contributed by atoms with Crippen molar-refractivity contribution in [1.29, 1.82) is 0 Å². The molecular weight excluding hydrogens is 451 g/mol. The van der Waals surface area contributed by atoms with Gasteiger partial charge < -0.3 is 0 Å². The Bertz CT molecular complexity index is 1150. The molecular formula is C24H18Cl2N2O4. The number of amides is 3. The molecule has 2 aliphatic carbocycles. The summed E-state index contributed by atoms with van der Waals surface area (Å²) in [6.45, 7) is -0.471. The van der Waals surface area contributed by atoms with Crippen LogP contribution in [0.1, 0.15) is 27.1 Å². The molecule has 1 saturated carbocycles. The summed E-state index contributed by atoms with van der Waals surface area (Å²) in [6.07, 6.45) is 4.70. The second-order valence-electron chi connectivity index (χ2n) is 8.26. The van der Waals surface area contributed by atoms with Crippen LogP contribution in [0.25, 0.3) is 0 Å². The van der Waals surface area contributed by atoms with Gasteiger partial charge >= 0.3 is 0 Å². The number of benzene rings is 2. The van der Waals surface area contributed by atoms with Crippen LogP contribution in [0.15, 0.2) is 60.7 Å². The molecule has 6 nitrogen and oxygen atoms in total. The molecule has 0 aromatic heterocycles. The number of halogens is 2. The summed E-state index contributed by atoms with van der Waals surface area (Å²) in [5.74, 6) is -3.05. The van der Waals surface area contributed by atoms with Crippen molar-refractivity contribution in [2.24, 2.45) is 23.7 Å². The largest absolute Gasteiger partial charge is 0.292 e. The first kappa shape index (κ1) is 20.9. The Morgan fingerprint density at radius 1 is 0.938 bits per heavy atom.